The van der Waals surface area contributed by atoms with E-state index in [9.17, 15) is 55.1 Å². The minimum Gasteiger partial charge on any atom is -0.379 e. The number of fused-ring (bicyclic) bond motifs is 3. The minimum absolute atomic E-state index is 0.0152. The zero-order chi connectivity index (χ0) is 82.8. The first-order valence-corrected chi connectivity index (χ1v) is 38.6. The van der Waals surface area contributed by atoms with E-state index in [2.05, 4.69) is 16.0 Å². The molecule has 2 unspecified atom stereocenters. The highest BCUT2D eigenvalue weighted by molar-refractivity contribution is 6.01. The molecule has 3 saturated carbocycles. The lowest BCUT2D eigenvalue weighted by atomic mass is 9.58. The Labute approximate surface area is 641 Å². The van der Waals surface area contributed by atoms with Gasteiger partial charge in [-0.2, -0.15) is 26.3 Å². The molecule has 3 aliphatic heterocycles. The Hall–Kier alpha value is -7.26. The highest BCUT2D eigenvalue weighted by atomic mass is 19.4. The van der Waals surface area contributed by atoms with Crippen molar-refractivity contribution in [2.45, 2.75) is 256 Å². The molecule has 0 radical (unpaired) electrons. The molecule has 110 heavy (non-hydrogen) atoms. The van der Waals surface area contributed by atoms with Crippen molar-refractivity contribution in [2.75, 3.05) is 102 Å². The van der Waals surface area contributed by atoms with E-state index in [0.717, 1.165) is 34.3 Å². The number of alkyl halides is 8. The molecule has 26 nitrogen and oxygen atoms in total. The van der Waals surface area contributed by atoms with Crippen LogP contribution in [0.1, 0.15) is 171 Å². The third-order valence-electron chi connectivity index (χ3n) is 23.1. The van der Waals surface area contributed by atoms with Crippen molar-refractivity contribution >= 4 is 70.9 Å². The second-order valence-electron chi connectivity index (χ2n) is 33.6. The van der Waals surface area contributed by atoms with Crippen molar-refractivity contribution in [3.05, 3.63) is 12.2 Å². The van der Waals surface area contributed by atoms with Crippen LogP contribution in [0.2, 0.25) is 0 Å². The number of rotatable bonds is 14. The van der Waals surface area contributed by atoms with Crippen LogP contribution in [-0.4, -0.2) is 302 Å². The predicted octanol–water partition coefficient (Wildman–Crippen LogP) is 6.22. The first-order valence-electron chi connectivity index (χ1n) is 38.6. The van der Waals surface area contributed by atoms with E-state index in [1.165, 1.54) is 66.2 Å². The van der Waals surface area contributed by atoms with Crippen molar-refractivity contribution < 1.29 is 102 Å². The van der Waals surface area contributed by atoms with E-state index in [1.807, 2.05) is 13.8 Å². The van der Waals surface area contributed by atoms with Gasteiger partial charge in [0.1, 0.15) is 72.1 Å². The van der Waals surface area contributed by atoms with Gasteiger partial charge in [-0.3, -0.25) is 57.5 Å². The highest BCUT2D eigenvalue weighted by Crippen LogP contribution is 2.50. The van der Waals surface area contributed by atoms with Crippen LogP contribution < -0.4 is 16.0 Å². The van der Waals surface area contributed by atoms with Crippen LogP contribution in [0.5, 0.6) is 0 Å². The normalized spacial score (nSPS) is 31.3. The lowest BCUT2D eigenvalue weighted by molar-refractivity contribution is -0.219. The SMILES string of the molecule is CCOC[C@H]1C(=O)N[C@@H]([C@@H](C)CC)C(=O)N(C)CC(=O)N(C)[C@H]2C/C=C\CCN(C2=O)[C@@H](CC2CCC(C(F)(F)F)CC2)C(=O)N(C)CC(=O)N[C@@H](CCC2CC(F)C(C(F)(F)F)C(F)C2)C(=O)N2C[C@H](OCC)C[C@H]2C(=O)NC2(CC(C)(C)C2)C(=O)N(C)[C@@H](CC(C)(C)C)C(=O)N(C)[C@H](C(=O)N(C)C)CC(=O)N1C. The van der Waals surface area contributed by atoms with Gasteiger partial charge in [0.15, 0.2) is 0 Å². The minimum atomic E-state index is -5.23. The third-order valence-corrected chi connectivity index (χ3v) is 23.1. The molecule has 0 aromatic rings. The summed E-state index contributed by atoms with van der Waals surface area (Å²) in [6.45, 7) is 13.4. The number of ether oxygens (including phenoxy) is 2. The van der Waals surface area contributed by atoms with Gasteiger partial charge in [0.05, 0.1) is 38.1 Å². The Kier molecular flexibility index (Phi) is 31.7. The average molecular weight is 1580 g/mol. The van der Waals surface area contributed by atoms with Crippen LogP contribution in [0.25, 0.3) is 0 Å². The van der Waals surface area contributed by atoms with Crippen LogP contribution >= 0.6 is 0 Å². The van der Waals surface area contributed by atoms with E-state index in [0.29, 0.717) is 6.42 Å². The van der Waals surface area contributed by atoms with Crippen molar-refractivity contribution in [3.8, 4) is 0 Å². The molecular weight excluding hydrogens is 1460 g/mol. The quantitative estimate of drug-likeness (QED) is 0.129. The second-order valence-corrected chi connectivity index (χ2v) is 33.6. The summed E-state index contributed by atoms with van der Waals surface area (Å²) >= 11 is 0. The zero-order valence-corrected chi connectivity index (χ0v) is 67.1. The van der Waals surface area contributed by atoms with Gasteiger partial charge in [0.25, 0.3) is 0 Å². The summed E-state index contributed by atoms with van der Waals surface area (Å²) in [5.74, 6) is -17.0. The first kappa shape index (κ1) is 91.6. The average Bonchev–Trinajstić information content (AvgIpc) is 0.910. The summed E-state index contributed by atoms with van der Waals surface area (Å²) in [4.78, 5) is 191. The topological polar surface area (TPSA) is 289 Å². The fourth-order valence-electron chi connectivity index (χ4n) is 16.7. The van der Waals surface area contributed by atoms with Crippen LogP contribution in [0, 0.1) is 40.4 Å². The molecular formula is C76H120F8N12O14. The number of halogens is 8. The third kappa shape index (κ3) is 23.0. The summed E-state index contributed by atoms with van der Waals surface area (Å²) in [5, 5.41) is 8.34. The molecule has 6 aliphatic rings. The number of nitrogens with zero attached hydrogens (tertiary/aromatic N) is 9. The summed E-state index contributed by atoms with van der Waals surface area (Å²) < 4.78 is 127. The molecule has 3 heterocycles. The first-order chi connectivity index (χ1) is 51.0. The molecule has 3 N–H and O–H groups in total. The number of amides is 12. The van der Waals surface area contributed by atoms with Gasteiger partial charge in [0.2, 0.25) is 70.9 Å². The van der Waals surface area contributed by atoms with Crippen molar-refractivity contribution in [3.63, 3.8) is 0 Å². The maximum atomic E-state index is 15.7. The summed E-state index contributed by atoms with van der Waals surface area (Å²) in [7, 11) is 10.6. The number of carbonyl (C=O) groups is 12. The van der Waals surface area contributed by atoms with Crippen LogP contribution in [-0.2, 0) is 67.0 Å². The Morgan fingerprint density at radius 2 is 1.25 bits per heavy atom. The molecule has 2 saturated heterocycles. The Morgan fingerprint density at radius 3 is 1.80 bits per heavy atom. The second kappa shape index (κ2) is 38.0. The molecule has 624 valence electrons. The highest BCUT2D eigenvalue weighted by Gasteiger charge is 2.60. The molecule has 12 amide bonds. The molecule has 0 aromatic heterocycles. The maximum Gasteiger partial charge on any atom is 0.397 e. The van der Waals surface area contributed by atoms with Gasteiger partial charge in [-0.15, -0.1) is 0 Å². The lowest BCUT2D eigenvalue weighted by Gasteiger charge is -2.54. The van der Waals surface area contributed by atoms with Gasteiger partial charge in [0, 0.05) is 89.1 Å². The van der Waals surface area contributed by atoms with E-state index in [4.69, 9.17) is 9.47 Å². The van der Waals surface area contributed by atoms with Gasteiger partial charge >= 0.3 is 12.4 Å². The predicted molar refractivity (Wildman–Crippen MR) is 389 cm³/mol. The molecule has 12 atom stereocenters. The molecule has 2 bridgehead atoms. The number of hydrogen-bond acceptors (Lipinski definition) is 14. The number of likely N-dealkylation sites (N-methyl/N-ethyl adjacent to an activating group) is 7. The molecule has 0 aromatic carbocycles. The standard InChI is InChI=1S/C76H120F8N12O14/c1-18-44(4)62-70(107)90(13)40-60(99)91(14)52-24-22-21-23-31-95(69(52)106)55(34-45-25-28-47(29-26-45)75(79,80)81)67(104)89(12)39-58(97)85-51(30-27-46-32-49(77)61(50(78)33-46)76(82,83)84)65(102)96-38-48(110-20-3)35-53(96)64(101)87-74(42-73(8,9)43-74)71(108)94(17)56(37-72(5,6)7)68(105)93(16)54(66(103)88(10)11)36-59(98)92(15)57(41-109-19-2)63(100)86-62/h21-22,44-57,61-62H,18-20,23-43H2,1-17H3,(H,85,97)(H,86,100)(H,87,101)/b22-21-/t44-,45?,46?,47?,48+,49?,50?,51-,52-,53-,54-,55-,56-,57-,61?,62-/m0/s1. The number of hydrogen-bond donors (Lipinski definition) is 3. The van der Waals surface area contributed by atoms with Crippen molar-refractivity contribution in [1.82, 2.24) is 60.0 Å². The van der Waals surface area contributed by atoms with Crippen molar-refractivity contribution in [2.24, 2.45) is 40.4 Å². The Balaban J connectivity index is 1.51. The smallest absolute Gasteiger partial charge is 0.379 e. The monoisotopic (exact) mass is 1580 g/mol. The van der Waals surface area contributed by atoms with Crippen LogP contribution in [0.4, 0.5) is 35.1 Å². The molecule has 6 rings (SSSR count). The van der Waals surface area contributed by atoms with E-state index < -0.39 is 241 Å². The van der Waals surface area contributed by atoms with Gasteiger partial charge < -0.3 is 69.5 Å². The molecule has 3 aliphatic carbocycles. The largest absolute Gasteiger partial charge is 0.397 e. The van der Waals surface area contributed by atoms with Gasteiger partial charge in [-0.1, -0.05) is 67.0 Å². The van der Waals surface area contributed by atoms with E-state index in [1.54, 1.807) is 60.6 Å². The van der Waals surface area contributed by atoms with Crippen LogP contribution in [0.3, 0.4) is 0 Å². The fourth-order valence-corrected chi connectivity index (χ4v) is 16.7. The number of carbonyl (C=O) groups excluding carboxylic acids is 12. The van der Waals surface area contributed by atoms with Crippen molar-refractivity contribution in [1.29, 1.82) is 0 Å². The summed E-state index contributed by atoms with van der Waals surface area (Å²) in [6.07, 6.45) is -16.6. The Morgan fingerprint density at radius 1 is 0.645 bits per heavy atom. The van der Waals surface area contributed by atoms with E-state index >= 15 is 37.5 Å². The van der Waals surface area contributed by atoms with Crippen LogP contribution in [0.15, 0.2) is 12.2 Å². The molecule has 1 spiro atoms. The summed E-state index contributed by atoms with van der Waals surface area (Å²) in [5.41, 5.74) is -3.18. The van der Waals surface area contributed by atoms with Gasteiger partial charge in [-0.25, -0.2) is 8.78 Å². The lowest BCUT2D eigenvalue weighted by Crippen LogP contribution is -2.71. The Bertz CT molecular complexity index is 3290. The van der Waals surface area contributed by atoms with E-state index in [-0.39, 0.29) is 103 Å². The summed E-state index contributed by atoms with van der Waals surface area (Å²) in [6, 6.07) is -12.0. The molecule has 34 heteroatoms. The molecule has 5 fully saturated rings. The number of nitrogens with one attached hydrogen (secondary N) is 3. The fraction of sp³-hybridized carbons (Fsp3) is 0.816. The zero-order valence-electron chi connectivity index (χ0n) is 67.1. The van der Waals surface area contributed by atoms with Gasteiger partial charge in [-0.05, 0) is 132 Å². The maximum absolute atomic E-state index is 15.7.